The first-order chi connectivity index (χ1) is 11.6. The van der Waals surface area contributed by atoms with Gasteiger partial charge in [-0.15, -0.1) is 0 Å². The van der Waals surface area contributed by atoms with E-state index in [1.807, 2.05) is 6.92 Å². The van der Waals surface area contributed by atoms with Crippen LogP contribution in [0, 0.1) is 5.82 Å². The van der Waals surface area contributed by atoms with E-state index in [0.29, 0.717) is 23.4 Å². The smallest absolute Gasteiger partial charge is 0.253 e. The fourth-order valence-electron chi connectivity index (χ4n) is 2.04. The van der Waals surface area contributed by atoms with E-state index in [1.165, 1.54) is 18.2 Å². The standard InChI is InChI=1S/C19H19FN2O2/c1-2-13-21-19(24)16-5-3-4-6-17(16)22-18(23)12-9-14-7-10-15(20)11-8-14/h3-12H,2,13H2,1H3,(H,21,24)(H,22,23). The van der Waals surface area contributed by atoms with Crippen LogP contribution in [-0.4, -0.2) is 18.4 Å². The van der Waals surface area contributed by atoms with Crippen LogP contribution in [0.3, 0.4) is 0 Å². The van der Waals surface area contributed by atoms with Crippen LogP contribution < -0.4 is 10.6 Å². The number of para-hydroxylation sites is 1. The molecule has 2 N–H and O–H groups in total. The molecule has 0 bridgehead atoms. The summed E-state index contributed by atoms with van der Waals surface area (Å²) in [6.45, 7) is 2.54. The number of halogens is 1. The summed E-state index contributed by atoms with van der Waals surface area (Å²) in [6.07, 6.45) is 3.75. The number of carbonyl (C=O) groups excluding carboxylic acids is 2. The topological polar surface area (TPSA) is 58.2 Å². The number of carbonyl (C=O) groups is 2. The number of benzene rings is 2. The van der Waals surface area contributed by atoms with Crippen molar-refractivity contribution in [3.63, 3.8) is 0 Å². The highest BCUT2D eigenvalue weighted by atomic mass is 19.1. The van der Waals surface area contributed by atoms with E-state index in [2.05, 4.69) is 10.6 Å². The second-order valence-electron chi connectivity index (χ2n) is 5.18. The van der Waals surface area contributed by atoms with Crippen molar-refractivity contribution in [1.29, 1.82) is 0 Å². The highest BCUT2D eigenvalue weighted by Gasteiger charge is 2.11. The maximum absolute atomic E-state index is 12.8. The van der Waals surface area contributed by atoms with E-state index in [1.54, 1.807) is 42.5 Å². The van der Waals surface area contributed by atoms with Gasteiger partial charge in [-0.3, -0.25) is 9.59 Å². The minimum Gasteiger partial charge on any atom is -0.352 e. The second-order valence-corrected chi connectivity index (χ2v) is 5.18. The first-order valence-electron chi connectivity index (χ1n) is 7.72. The molecule has 0 aromatic heterocycles. The monoisotopic (exact) mass is 326 g/mol. The zero-order valence-corrected chi connectivity index (χ0v) is 13.4. The molecule has 0 radical (unpaired) electrons. The van der Waals surface area contributed by atoms with Gasteiger partial charge in [0.1, 0.15) is 5.82 Å². The molecule has 2 aromatic carbocycles. The van der Waals surface area contributed by atoms with Crippen LogP contribution in [0.5, 0.6) is 0 Å². The lowest BCUT2D eigenvalue weighted by molar-refractivity contribution is -0.111. The van der Waals surface area contributed by atoms with Gasteiger partial charge in [-0.1, -0.05) is 31.2 Å². The third-order valence-electron chi connectivity index (χ3n) is 3.26. The molecule has 0 aliphatic heterocycles. The van der Waals surface area contributed by atoms with Crippen molar-refractivity contribution >= 4 is 23.6 Å². The lowest BCUT2D eigenvalue weighted by atomic mass is 10.1. The van der Waals surface area contributed by atoms with Crippen LogP contribution in [0.25, 0.3) is 6.08 Å². The Morgan fingerprint density at radius 1 is 1.08 bits per heavy atom. The molecule has 2 aromatic rings. The molecule has 0 fully saturated rings. The Bertz CT molecular complexity index is 739. The predicted octanol–water partition coefficient (Wildman–Crippen LogP) is 3.62. The van der Waals surface area contributed by atoms with Gasteiger partial charge in [-0.05, 0) is 42.3 Å². The molecule has 2 rings (SSSR count). The van der Waals surface area contributed by atoms with Gasteiger partial charge in [0.25, 0.3) is 5.91 Å². The van der Waals surface area contributed by atoms with Gasteiger partial charge >= 0.3 is 0 Å². The van der Waals surface area contributed by atoms with E-state index in [-0.39, 0.29) is 17.6 Å². The van der Waals surface area contributed by atoms with Crippen molar-refractivity contribution in [3.8, 4) is 0 Å². The van der Waals surface area contributed by atoms with Crippen molar-refractivity contribution in [2.45, 2.75) is 13.3 Å². The maximum atomic E-state index is 12.8. The van der Waals surface area contributed by atoms with E-state index in [4.69, 9.17) is 0 Å². The number of hydrogen-bond acceptors (Lipinski definition) is 2. The normalized spacial score (nSPS) is 10.6. The highest BCUT2D eigenvalue weighted by Crippen LogP contribution is 2.15. The molecule has 0 saturated carbocycles. The average molecular weight is 326 g/mol. The molecule has 0 aliphatic carbocycles. The first-order valence-corrected chi connectivity index (χ1v) is 7.72. The molecule has 0 heterocycles. The van der Waals surface area contributed by atoms with Crippen molar-refractivity contribution in [2.75, 3.05) is 11.9 Å². The van der Waals surface area contributed by atoms with Gasteiger partial charge in [0.15, 0.2) is 0 Å². The van der Waals surface area contributed by atoms with E-state index in [0.717, 1.165) is 6.42 Å². The number of hydrogen-bond donors (Lipinski definition) is 2. The van der Waals surface area contributed by atoms with Gasteiger partial charge in [0.2, 0.25) is 5.91 Å². The van der Waals surface area contributed by atoms with Crippen LogP contribution in [0.15, 0.2) is 54.6 Å². The Balaban J connectivity index is 2.06. The van der Waals surface area contributed by atoms with E-state index < -0.39 is 0 Å². The van der Waals surface area contributed by atoms with Crippen LogP contribution in [0.4, 0.5) is 10.1 Å². The summed E-state index contributed by atoms with van der Waals surface area (Å²) in [5.74, 6) is -0.922. The van der Waals surface area contributed by atoms with E-state index >= 15 is 0 Å². The summed E-state index contributed by atoms with van der Waals surface area (Å²) in [5.41, 5.74) is 1.56. The summed E-state index contributed by atoms with van der Waals surface area (Å²) in [4.78, 5) is 24.1. The molecular formula is C19H19FN2O2. The molecule has 0 atom stereocenters. The Morgan fingerprint density at radius 2 is 1.79 bits per heavy atom. The molecule has 4 nitrogen and oxygen atoms in total. The molecule has 0 unspecified atom stereocenters. The quantitative estimate of drug-likeness (QED) is 0.797. The van der Waals surface area contributed by atoms with Crippen LogP contribution >= 0.6 is 0 Å². The van der Waals surface area contributed by atoms with Gasteiger partial charge < -0.3 is 10.6 Å². The fraction of sp³-hybridized carbons (Fsp3) is 0.158. The Morgan fingerprint density at radius 3 is 2.50 bits per heavy atom. The van der Waals surface area contributed by atoms with Crippen molar-refractivity contribution in [3.05, 3.63) is 71.6 Å². The number of anilines is 1. The van der Waals surface area contributed by atoms with Crippen LogP contribution in [0.2, 0.25) is 0 Å². The number of rotatable bonds is 6. The van der Waals surface area contributed by atoms with Gasteiger partial charge in [0.05, 0.1) is 11.3 Å². The molecule has 2 amide bonds. The third-order valence-corrected chi connectivity index (χ3v) is 3.26. The maximum Gasteiger partial charge on any atom is 0.253 e. The van der Waals surface area contributed by atoms with Crippen LogP contribution in [0.1, 0.15) is 29.3 Å². The van der Waals surface area contributed by atoms with Crippen molar-refractivity contribution in [2.24, 2.45) is 0 Å². The molecule has 24 heavy (non-hydrogen) atoms. The molecular weight excluding hydrogens is 307 g/mol. The van der Waals surface area contributed by atoms with Crippen molar-refractivity contribution < 1.29 is 14.0 Å². The molecule has 0 aliphatic rings. The zero-order chi connectivity index (χ0) is 17.4. The minimum atomic E-state index is -0.366. The SMILES string of the molecule is CCCNC(=O)c1ccccc1NC(=O)C=Cc1ccc(F)cc1. The Hall–Kier alpha value is -2.95. The summed E-state index contributed by atoms with van der Waals surface area (Å²) in [5, 5.41) is 5.47. The zero-order valence-electron chi connectivity index (χ0n) is 13.4. The van der Waals surface area contributed by atoms with Gasteiger partial charge in [0, 0.05) is 12.6 Å². The highest BCUT2D eigenvalue weighted by molar-refractivity contribution is 6.07. The molecule has 0 saturated heterocycles. The number of nitrogens with one attached hydrogen (secondary N) is 2. The second kappa shape index (κ2) is 8.62. The Kier molecular flexibility index (Phi) is 6.25. The van der Waals surface area contributed by atoms with Gasteiger partial charge in [-0.2, -0.15) is 0 Å². The third kappa shape index (κ3) is 5.05. The lowest BCUT2D eigenvalue weighted by Crippen LogP contribution is -2.25. The minimum absolute atomic E-state index is 0.227. The molecule has 124 valence electrons. The Labute approximate surface area is 140 Å². The molecule has 5 heteroatoms. The number of amides is 2. The van der Waals surface area contributed by atoms with E-state index in [9.17, 15) is 14.0 Å². The largest absolute Gasteiger partial charge is 0.352 e. The van der Waals surface area contributed by atoms with Crippen LogP contribution in [-0.2, 0) is 4.79 Å². The molecule has 0 spiro atoms. The summed E-state index contributed by atoms with van der Waals surface area (Å²) in [6, 6.07) is 12.6. The fourth-order valence-corrected chi connectivity index (χ4v) is 2.04. The average Bonchev–Trinajstić information content (AvgIpc) is 2.59. The lowest BCUT2D eigenvalue weighted by Gasteiger charge is -2.09. The van der Waals surface area contributed by atoms with Gasteiger partial charge in [-0.25, -0.2) is 4.39 Å². The predicted molar refractivity (Wildman–Crippen MR) is 93.1 cm³/mol. The first kappa shape index (κ1) is 17.4. The summed E-state index contributed by atoms with van der Waals surface area (Å²) >= 11 is 0. The van der Waals surface area contributed by atoms with Crippen molar-refractivity contribution in [1.82, 2.24) is 5.32 Å². The summed E-state index contributed by atoms with van der Waals surface area (Å²) < 4.78 is 12.8. The summed E-state index contributed by atoms with van der Waals surface area (Å²) in [7, 11) is 0.